The van der Waals surface area contributed by atoms with Crippen LogP contribution in [-0.2, 0) is 47.7 Å². The highest BCUT2D eigenvalue weighted by molar-refractivity contribution is 5.94. The molecule has 1 saturated carbocycles. The Hall–Kier alpha value is -13.8. The maximum absolute atomic E-state index is 13.9. The number of esters is 1. The van der Waals surface area contributed by atoms with E-state index in [1.807, 2.05) is 84.1 Å². The fraction of sp³-hybridized carbons (Fsp3) is 0.410. The minimum absolute atomic E-state index is 0.0963. The highest BCUT2D eigenvalue weighted by Crippen LogP contribution is 2.42. The molecule has 11 aromatic rings. The number of aromatic amines is 4. The van der Waals surface area contributed by atoms with E-state index < -0.39 is 71.9 Å². The molecule has 32 heteroatoms. The molecular weight excluding hydrogens is 1690 g/mol. The van der Waals surface area contributed by atoms with Crippen LogP contribution < -0.4 is 16.0 Å². The van der Waals surface area contributed by atoms with Crippen molar-refractivity contribution in [1.29, 1.82) is 0 Å². The van der Waals surface area contributed by atoms with E-state index in [1.54, 1.807) is 20.9 Å². The zero-order chi connectivity index (χ0) is 93.8. The number of halogens is 2. The second-order valence-electron chi connectivity index (χ2n) is 35.9. The number of aliphatic carboxylic acids is 1. The van der Waals surface area contributed by atoms with Crippen LogP contribution in [0.1, 0.15) is 191 Å². The summed E-state index contributed by atoms with van der Waals surface area (Å²) in [5, 5.41) is 21.4. The molecule has 8 N–H and O–H groups in total. The fourth-order valence-corrected chi connectivity index (χ4v) is 18.3. The number of nitrogens with zero attached hydrogens (tertiary/aromatic N) is 8. The number of H-pyrrole nitrogens is 4. The van der Waals surface area contributed by atoms with Crippen molar-refractivity contribution in [2.75, 3.05) is 54.6 Å². The van der Waals surface area contributed by atoms with Crippen LogP contribution in [0.2, 0.25) is 0 Å². The zero-order valence-corrected chi connectivity index (χ0v) is 76.1. The van der Waals surface area contributed by atoms with Crippen LogP contribution in [0.5, 0.6) is 0 Å². The van der Waals surface area contributed by atoms with Crippen LogP contribution in [-0.4, -0.2) is 197 Å². The second-order valence-corrected chi connectivity index (χ2v) is 35.9. The van der Waals surface area contributed by atoms with Crippen LogP contribution in [0.15, 0.2) is 170 Å². The summed E-state index contributed by atoms with van der Waals surface area (Å²) < 4.78 is 51.0. The van der Waals surface area contributed by atoms with E-state index in [0.29, 0.717) is 75.5 Å². The third-order valence-electron chi connectivity index (χ3n) is 25.4. The summed E-state index contributed by atoms with van der Waals surface area (Å²) in [5.41, 5.74) is 11.6. The Kier molecular flexibility index (Phi) is 30.0. The first kappa shape index (κ1) is 94.3. The predicted molar refractivity (Wildman–Crippen MR) is 493 cm³/mol. The first-order valence-corrected chi connectivity index (χ1v) is 45.1. The molecule has 4 saturated heterocycles. The van der Waals surface area contributed by atoms with Gasteiger partial charge in [-0.25, -0.2) is 47.9 Å². The quantitative estimate of drug-likeness (QED) is 0.0218. The molecular formula is C100H115F2N15O15. The van der Waals surface area contributed by atoms with Gasteiger partial charge in [0.2, 0.25) is 11.8 Å². The number of rotatable bonds is 23. The number of ether oxygens (including phenoxy) is 5. The molecule has 0 spiro atoms. The van der Waals surface area contributed by atoms with Gasteiger partial charge in [-0.2, -0.15) is 0 Å². The molecule has 5 aliphatic rings. The van der Waals surface area contributed by atoms with E-state index in [4.69, 9.17) is 34.0 Å². The second kappa shape index (κ2) is 42.0. The first-order chi connectivity index (χ1) is 63.4. The molecule has 5 fully saturated rings. The zero-order valence-electron chi connectivity index (χ0n) is 76.1. The van der Waals surface area contributed by atoms with Crippen molar-refractivity contribution in [3.63, 3.8) is 0 Å². The molecule has 16 rings (SSSR count). The number of imidazole rings is 4. The van der Waals surface area contributed by atoms with Crippen molar-refractivity contribution in [2.45, 2.75) is 186 Å². The van der Waals surface area contributed by atoms with Crippen molar-refractivity contribution in [3.8, 4) is 67.3 Å². The number of carboxylic acid groups (broad SMARTS) is 1. The molecule has 694 valence electrons. The third kappa shape index (κ3) is 22.3. The number of hydrogen-bond donors (Lipinski definition) is 8. The first-order valence-electron chi connectivity index (χ1n) is 45.1. The summed E-state index contributed by atoms with van der Waals surface area (Å²) in [6.07, 6.45) is 12.3. The van der Waals surface area contributed by atoms with E-state index in [2.05, 4.69) is 160 Å². The highest BCUT2D eigenvalue weighted by Gasteiger charge is 2.43. The number of likely N-dealkylation sites (tertiary alicyclic amines) is 4. The number of alkyl halides is 1. The van der Waals surface area contributed by atoms with E-state index >= 15 is 0 Å². The molecule has 7 amide bonds. The summed E-state index contributed by atoms with van der Waals surface area (Å²) in [7, 11) is 5.05. The van der Waals surface area contributed by atoms with Crippen molar-refractivity contribution in [2.24, 2.45) is 23.7 Å². The molecule has 30 nitrogen and oxygen atoms in total. The fourth-order valence-electron chi connectivity index (χ4n) is 18.3. The Balaban J connectivity index is 0.000000183. The average Bonchev–Trinajstić information content (AvgIpc) is 1.51. The maximum Gasteiger partial charge on any atom is 0.410 e. The SMILES string of the molecule is COC(=O)C[C@@H](C(=O)O)C1CCC(F)CC1.COC(=O)N[C@H](C(=O)N1CCC[C@H]1c1ncc(-c2ccc3cc(-c4ccc(-c5cnc([C@@H]6CCCN6C(=O)OC(C)(C)C)[nH]5)cc4)ccc3c2)[nH]1)C(C)C.COC(=O)N[C@H](C(=O)N1CCC[C@H]1c1ncc(-c2ccc3cc(-c4ccc(-c5cnc([C@@H]6CCCN6C(=O)[C@H](NC(=O)OC)c6ccc(F)cc6)[nH]5)cc4)ccc3c2)[nH]1)C(C)C. The summed E-state index contributed by atoms with van der Waals surface area (Å²) >= 11 is 0. The maximum atomic E-state index is 13.9. The summed E-state index contributed by atoms with van der Waals surface area (Å²) in [6, 6.07) is 44.3. The van der Waals surface area contributed by atoms with E-state index in [1.165, 1.54) is 52.7 Å². The Bertz CT molecular complexity index is 5940. The molecule has 8 atom stereocenters. The Labute approximate surface area is 764 Å². The molecule has 4 aliphatic heterocycles. The standard InChI is InChI=1S/C47H49FN8O6.C42H49N7O5.C11H17FO4/c1-27(2)40(53-46(59)61-3)44(57)55-21-5-7-38(55)43-50-26-37(52-43)34-16-15-32-23-31(13-14-33(32)24-34)28-9-11-29(12-10-28)36-25-49-42(51-36)39-8-6-22-56(39)45(58)41(54-47(60)62-4)30-17-19-35(48)20-18-30;1-25(2)36(47-40(51)53-6)39(50)48-19-7-9-34(48)37-44-24-33(46-37)31-18-17-29-21-28(15-16-30(29)22-31)26-11-13-27(14-12-26)32-23-43-38(45-32)35-10-8-20-49(35)41(52)54-42(3,4)5;1-16-10(13)6-9(11(14)15)7-2-4-8(12)5-3-7/h9-20,23-27,38-41H,5-8,21-22H2,1-4H3,(H,49,51)(H,50,52)(H,53,59)(H,54,60);11-18,21-25,34-36H,7-10,19-20H2,1-6H3,(H,43,45)(H,44,46)(H,47,51);7-9H,2-6H2,1H3,(H,14,15)/t38-,39-,40-,41+;34-,35-,36-;7?,8?,9-/m001/s1. The van der Waals surface area contributed by atoms with Gasteiger partial charge in [0, 0.05) is 37.3 Å². The smallest absolute Gasteiger partial charge is 0.410 e. The van der Waals surface area contributed by atoms with Crippen molar-refractivity contribution < 1.29 is 80.7 Å². The lowest BCUT2D eigenvalue weighted by Crippen LogP contribution is -2.51. The lowest BCUT2D eigenvalue weighted by atomic mass is 9.78. The molecule has 0 unspecified atom stereocenters. The number of aromatic nitrogens is 8. The molecule has 4 aromatic heterocycles. The molecule has 0 radical (unpaired) electrons. The normalized spacial score (nSPS) is 18.8. The lowest BCUT2D eigenvalue weighted by molar-refractivity contribution is -0.152. The van der Waals surface area contributed by atoms with Gasteiger partial charge in [0.05, 0.1) is 113 Å². The minimum atomic E-state index is -1.05. The number of carbonyl (C=O) groups excluding carboxylic acids is 8. The van der Waals surface area contributed by atoms with Crippen molar-refractivity contribution >= 4 is 75.6 Å². The largest absolute Gasteiger partial charge is 0.481 e. The number of hydrogen-bond acceptors (Lipinski definition) is 18. The number of methoxy groups -OCH3 is 4. The number of nitrogens with one attached hydrogen (secondary N) is 7. The molecule has 7 aromatic carbocycles. The van der Waals surface area contributed by atoms with Crippen molar-refractivity contribution in [1.82, 2.24) is 75.4 Å². The summed E-state index contributed by atoms with van der Waals surface area (Å²) in [5.74, 6) is -0.742. The van der Waals surface area contributed by atoms with Crippen LogP contribution >= 0.6 is 0 Å². The van der Waals surface area contributed by atoms with Gasteiger partial charge in [-0.15, -0.1) is 0 Å². The number of amides is 7. The van der Waals surface area contributed by atoms with Gasteiger partial charge in [0.1, 0.15) is 59.0 Å². The number of carbonyl (C=O) groups is 9. The Morgan fingerprint density at radius 2 is 0.758 bits per heavy atom. The minimum Gasteiger partial charge on any atom is -0.481 e. The third-order valence-corrected chi connectivity index (χ3v) is 25.4. The van der Waals surface area contributed by atoms with Gasteiger partial charge in [0.25, 0.3) is 5.91 Å². The average molecular weight is 1810 g/mol. The van der Waals surface area contributed by atoms with Gasteiger partial charge in [-0.1, -0.05) is 137 Å². The van der Waals surface area contributed by atoms with Crippen LogP contribution in [0.25, 0.3) is 88.8 Å². The monoisotopic (exact) mass is 1800 g/mol. The Morgan fingerprint density at radius 1 is 0.424 bits per heavy atom. The van der Waals surface area contributed by atoms with Crippen LogP contribution in [0.3, 0.4) is 0 Å². The van der Waals surface area contributed by atoms with Gasteiger partial charge in [-0.05, 0) is 212 Å². The van der Waals surface area contributed by atoms with Crippen molar-refractivity contribution in [3.05, 3.63) is 205 Å². The molecule has 132 heavy (non-hydrogen) atoms. The highest BCUT2D eigenvalue weighted by atomic mass is 19.1. The van der Waals surface area contributed by atoms with E-state index in [-0.39, 0.29) is 72.2 Å². The summed E-state index contributed by atoms with van der Waals surface area (Å²) in [6.45, 7) is 15.6. The van der Waals surface area contributed by atoms with Gasteiger partial charge < -0.3 is 79.4 Å². The Morgan fingerprint density at radius 3 is 1.12 bits per heavy atom. The van der Waals surface area contributed by atoms with Crippen LogP contribution in [0.4, 0.5) is 28.0 Å². The van der Waals surface area contributed by atoms with E-state index in [9.17, 15) is 51.9 Å². The van der Waals surface area contributed by atoms with E-state index in [0.717, 1.165) is 145 Å². The molecule has 1 aliphatic carbocycles. The number of carboxylic acids is 1. The van der Waals surface area contributed by atoms with Gasteiger partial charge >= 0.3 is 36.3 Å². The number of benzene rings is 7. The number of alkyl carbamates (subject to hydrolysis) is 3. The van der Waals surface area contributed by atoms with Gasteiger partial charge in [0.15, 0.2) is 0 Å². The molecule has 0 bridgehead atoms. The van der Waals surface area contributed by atoms with Crippen LogP contribution in [0, 0.1) is 29.5 Å². The molecule has 8 heterocycles. The topological polar surface area (TPSA) is 384 Å². The summed E-state index contributed by atoms with van der Waals surface area (Å²) in [4.78, 5) is 152. The van der Waals surface area contributed by atoms with Gasteiger partial charge in [-0.3, -0.25) is 28.9 Å². The number of fused-ring (bicyclic) bond motifs is 2. The lowest BCUT2D eigenvalue weighted by Gasteiger charge is -2.30. The predicted octanol–water partition coefficient (Wildman–Crippen LogP) is 18.4.